The molecule has 3 rings (SSSR count). The summed E-state index contributed by atoms with van der Waals surface area (Å²) < 4.78 is 30.1. The Morgan fingerprint density at radius 1 is 1.15 bits per heavy atom. The van der Waals surface area contributed by atoms with E-state index in [1.807, 2.05) is 6.07 Å². The van der Waals surface area contributed by atoms with E-state index in [-0.39, 0.29) is 17.6 Å². The molecule has 1 aliphatic rings. The maximum Gasteiger partial charge on any atom is 0.387 e. The number of benzene rings is 2. The Bertz CT molecular complexity index is 822. The van der Waals surface area contributed by atoms with Gasteiger partial charge in [-0.25, -0.2) is 0 Å². The van der Waals surface area contributed by atoms with Crippen LogP contribution in [0, 0.1) is 0 Å². The highest BCUT2D eigenvalue weighted by molar-refractivity contribution is 6.08. The number of hydrogen-bond donors (Lipinski definition) is 1. The second-order valence-corrected chi connectivity index (χ2v) is 5.96. The number of fused-ring (bicyclic) bond motifs is 1. The van der Waals surface area contributed by atoms with Crippen molar-refractivity contribution < 1.29 is 23.1 Å². The van der Waals surface area contributed by atoms with Crippen molar-refractivity contribution >= 4 is 23.2 Å². The maximum atomic E-state index is 12.9. The van der Waals surface area contributed by atoms with Crippen LogP contribution in [0.4, 0.5) is 20.2 Å². The molecule has 0 atom stereocenters. The van der Waals surface area contributed by atoms with Gasteiger partial charge in [-0.1, -0.05) is 12.1 Å². The molecule has 1 heterocycles. The molecule has 2 aromatic carbocycles. The number of alkyl halides is 2. The minimum atomic E-state index is -2.96. The smallest absolute Gasteiger partial charge is 0.387 e. The molecule has 0 unspecified atom stereocenters. The van der Waals surface area contributed by atoms with Gasteiger partial charge in [0.2, 0.25) is 5.91 Å². The average Bonchev–Trinajstić information content (AvgIpc) is 2.60. The van der Waals surface area contributed by atoms with Crippen LogP contribution >= 0.6 is 0 Å². The monoisotopic (exact) mass is 360 g/mol. The van der Waals surface area contributed by atoms with E-state index in [2.05, 4.69) is 10.1 Å². The molecule has 0 aromatic heterocycles. The summed E-state index contributed by atoms with van der Waals surface area (Å²) in [5.41, 5.74) is 2.18. The zero-order valence-corrected chi connectivity index (χ0v) is 14.2. The van der Waals surface area contributed by atoms with Crippen molar-refractivity contribution in [2.45, 2.75) is 26.4 Å². The highest BCUT2D eigenvalue weighted by Gasteiger charge is 2.27. The standard InChI is InChI=1S/C19H18F2N2O3/c1-12(24)22-15-9-7-14(8-10-15)18(25)23-11-3-5-13-4-2-6-16(17(13)23)26-19(20)21/h2,4,6-10,19H,3,5,11H2,1H3,(H,22,24). The third kappa shape index (κ3) is 3.82. The van der Waals surface area contributed by atoms with Crippen LogP contribution in [-0.4, -0.2) is 25.0 Å². The molecule has 2 amide bonds. The summed E-state index contributed by atoms with van der Waals surface area (Å²) in [6.45, 7) is -1.14. The van der Waals surface area contributed by atoms with Gasteiger partial charge in [0.05, 0.1) is 5.69 Å². The van der Waals surface area contributed by atoms with Crippen LogP contribution in [0.25, 0.3) is 0 Å². The minimum absolute atomic E-state index is 0.000386. The predicted molar refractivity (Wildman–Crippen MR) is 93.8 cm³/mol. The lowest BCUT2D eigenvalue weighted by Gasteiger charge is -2.31. The van der Waals surface area contributed by atoms with Crippen molar-refractivity contribution in [1.29, 1.82) is 0 Å². The summed E-state index contributed by atoms with van der Waals surface area (Å²) in [5, 5.41) is 2.63. The zero-order valence-electron chi connectivity index (χ0n) is 14.2. The van der Waals surface area contributed by atoms with Crippen LogP contribution in [0.3, 0.4) is 0 Å². The number of para-hydroxylation sites is 1. The van der Waals surface area contributed by atoms with Crippen molar-refractivity contribution in [2.24, 2.45) is 0 Å². The second kappa shape index (κ2) is 7.51. The highest BCUT2D eigenvalue weighted by Crippen LogP contribution is 2.38. The van der Waals surface area contributed by atoms with E-state index in [1.165, 1.54) is 17.9 Å². The van der Waals surface area contributed by atoms with Gasteiger partial charge in [0, 0.05) is 24.7 Å². The molecule has 0 aliphatic carbocycles. The number of hydrogen-bond acceptors (Lipinski definition) is 3. The lowest BCUT2D eigenvalue weighted by molar-refractivity contribution is -0.114. The summed E-state index contributed by atoms with van der Waals surface area (Å²) in [4.78, 5) is 25.5. The molecule has 0 radical (unpaired) electrons. The van der Waals surface area contributed by atoms with Gasteiger partial charge in [-0.2, -0.15) is 8.78 Å². The van der Waals surface area contributed by atoms with Crippen molar-refractivity contribution in [2.75, 3.05) is 16.8 Å². The molecule has 0 saturated heterocycles. The number of amides is 2. The number of nitrogens with one attached hydrogen (secondary N) is 1. The first-order valence-electron chi connectivity index (χ1n) is 8.22. The SMILES string of the molecule is CC(=O)Nc1ccc(C(=O)N2CCCc3cccc(OC(F)F)c32)cc1. The number of rotatable bonds is 4. The number of ether oxygens (including phenoxy) is 1. The molecule has 26 heavy (non-hydrogen) atoms. The Kier molecular flexibility index (Phi) is 5.16. The third-order valence-corrected chi connectivity index (χ3v) is 4.09. The Hall–Kier alpha value is -2.96. The first kappa shape index (κ1) is 17.8. The van der Waals surface area contributed by atoms with E-state index >= 15 is 0 Å². The van der Waals surface area contributed by atoms with E-state index in [0.717, 1.165) is 12.0 Å². The van der Waals surface area contributed by atoms with E-state index in [4.69, 9.17) is 0 Å². The zero-order chi connectivity index (χ0) is 18.7. The lowest BCUT2D eigenvalue weighted by atomic mass is 10.00. The molecule has 136 valence electrons. The molecule has 7 heteroatoms. The summed E-state index contributed by atoms with van der Waals surface area (Å²) >= 11 is 0. The number of anilines is 2. The molecule has 0 spiro atoms. The van der Waals surface area contributed by atoms with Crippen molar-refractivity contribution in [1.82, 2.24) is 0 Å². The van der Waals surface area contributed by atoms with Crippen LogP contribution in [-0.2, 0) is 11.2 Å². The summed E-state index contributed by atoms with van der Waals surface area (Å²) in [6, 6.07) is 11.3. The molecule has 1 aliphatic heterocycles. The molecular weight excluding hydrogens is 342 g/mol. The summed E-state index contributed by atoms with van der Waals surface area (Å²) in [5.74, 6) is -0.506. The molecule has 1 N–H and O–H groups in total. The van der Waals surface area contributed by atoms with E-state index < -0.39 is 6.61 Å². The van der Waals surface area contributed by atoms with Crippen LogP contribution in [0.1, 0.15) is 29.3 Å². The number of aryl methyl sites for hydroxylation is 1. The fourth-order valence-corrected chi connectivity index (χ4v) is 3.06. The van der Waals surface area contributed by atoms with E-state index in [1.54, 1.807) is 30.3 Å². The molecule has 0 fully saturated rings. The van der Waals surface area contributed by atoms with Gasteiger partial charge in [-0.15, -0.1) is 0 Å². The van der Waals surface area contributed by atoms with Gasteiger partial charge in [0.25, 0.3) is 5.91 Å². The number of carbonyl (C=O) groups is 2. The molecule has 5 nitrogen and oxygen atoms in total. The highest BCUT2D eigenvalue weighted by atomic mass is 19.3. The summed E-state index contributed by atoms with van der Waals surface area (Å²) in [7, 11) is 0. The average molecular weight is 360 g/mol. The largest absolute Gasteiger partial charge is 0.433 e. The third-order valence-electron chi connectivity index (χ3n) is 4.09. The quantitative estimate of drug-likeness (QED) is 0.901. The van der Waals surface area contributed by atoms with Crippen LogP contribution in [0.5, 0.6) is 5.75 Å². The number of carbonyl (C=O) groups excluding carboxylic acids is 2. The molecular formula is C19H18F2N2O3. The Morgan fingerprint density at radius 2 is 1.88 bits per heavy atom. The second-order valence-electron chi connectivity index (χ2n) is 5.96. The molecule has 0 saturated carbocycles. The van der Waals surface area contributed by atoms with Gasteiger partial charge in [-0.05, 0) is 48.7 Å². The first-order valence-corrected chi connectivity index (χ1v) is 8.22. The Labute approximate surface area is 149 Å². The number of nitrogens with zero attached hydrogens (tertiary/aromatic N) is 1. The fraction of sp³-hybridized carbons (Fsp3) is 0.263. The van der Waals surface area contributed by atoms with Crippen molar-refractivity contribution in [3.05, 3.63) is 53.6 Å². The van der Waals surface area contributed by atoms with Crippen LogP contribution < -0.4 is 15.0 Å². The normalized spacial score (nSPS) is 13.3. The first-order chi connectivity index (χ1) is 12.5. The Morgan fingerprint density at radius 3 is 2.54 bits per heavy atom. The maximum absolute atomic E-state index is 12.9. The molecule has 2 aromatic rings. The summed E-state index contributed by atoms with van der Waals surface area (Å²) in [6.07, 6.45) is 1.43. The fourth-order valence-electron chi connectivity index (χ4n) is 3.06. The van der Waals surface area contributed by atoms with Crippen molar-refractivity contribution in [3.63, 3.8) is 0 Å². The minimum Gasteiger partial charge on any atom is -0.433 e. The van der Waals surface area contributed by atoms with Gasteiger partial charge < -0.3 is 15.0 Å². The Balaban J connectivity index is 1.91. The lowest BCUT2D eigenvalue weighted by Crippen LogP contribution is -2.36. The van der Waals surface area contributed by atoms with Gasteiger partial charge in [-0.3, -0.25) is 9.59 Å². The van der Waals surface area contributed by atoms with Crippen LogP contribution in [0.15, 0.2) is 42.5 Å². The topological polar surface area (TPSA) is 58.6 Å². The predicted octanol–water partition coefficient (Wildman–Crippen LogP) is 3.84. The van der Waals surface area contributed by atoms with Gasteiger partial charge in [0.1, 0.15) is 5.75 Å². The van der Waals surface area contributed by atoms with Gasteiger partial charge >= 0.3 is 6.61 Å². The van der Waals surface area contributed by atoms with Crippen LogP contribution in [0.2, 0.25) is 0 Å². The van der Waals surface area contributed by atoms with E-state index in [0.29, 0.717) is 29.9 Å². The number of halogens is 2. The van der Waals surface area contributed by atoms with E-state index in [9.17, 15) is 18.4 Å². The van der Waals surface area contributed by atoms with Crippen molar-refractivity contribution in [3.8, 4) is 5.75 Å². The molecule has 0 bridgehead atoms. The van der Waals surface area contributed by atoms with Gasteiger partial charge in [0.15, 0.2) is 0 Å².